The largest absolute Gasteiger partial charge is 0.390 e. The highest BCUT2D eigenvalue weighted by molar-refractivity contribution is 6.06. The second-order valence-electron chi connectivity index (χ2n) is 8.50. The van der Waals surface area contributed by atoms with Gasteiger partial charge < -0.3 is 25.3 Å². The summed E-state index contributed by atoms with van der Waals surface area (Å²) in [4.78, 5) is 17.9. The van der Waals surface area contributed by atoms with E-state index in [-0.39, 0.29) is 5.41 Å². The Hall–Kier alpha value is -3.33. The minimum Gasteiger partial charge on any atom is -0.390 e. The van der Waals surface area contributed by atoms with Crippen molar-refractivity contribution >= 4 is 34.5 Å². The number of imidazole rings is 1. The number of nitrogens with zero attached hydrogens (tertiary/aromatic N) is 5. The Morgan fingerprint density at radius 3 is 2.77 bits per heavy atom. The van der Waals surface area contributed by atoms with Crippen molar-refractivity contribution in [1.82, 2.24) is 29.8 Å². The van der Waals surface area contributed by atoms with E-state index in [1.165, 1.54) is 6.21 Å². The molecule has 1 aliphatic rings. The van der Waals surface area contributed by atoms with Crippen LogP contribution < -0.4 is 10.6 Å². The molecule has 4 rings (SSSR count). The zero-order valence-corrected chi connectivity index (χ0v) is 18.3. The Kier molecular flexibility index (Phi) is 5.69. The molecule has 0 radical (unpaired) electrons. The second kappa shape index (κ2) is 8.43. The van der Waals surface area contributed by atoms with E-state index in [0.717, 1.165) is 36.6 Å². The summed E-state index contributed by atoms with van der Waals surface area (Å²) in [6.45, 7) is 10.7. The summed E-state index contributed by atoms with van der Waals surface area (Å²) in [5, 5.41) is 14.3. The highest BCUT2D eigenvalue weighted by atomic mass is 16.5. The summed E-state index contributed by atoms with van der Waals surface area (Å²) in [6, 6.07) is 4.06. The van der Waals surface area contributed by atoms with Gasteiger partial charge in [0.05, 0.1) is 30.5 Å². The molecule has 3 aromatic rings. The van der Waals surface area contributed by atoms with E-state index in [0.29, 0.717) is 29.1 Å². The molecule has 3 aromatic heterocycles. The van der Waals surface area contributed by atoms with Gasteiger partial charge in [-0.25, -0.2) is 19.9 Å². The lowest BCUT2D eigenvalue weighted by atomic mass is 9.89. The fourth-order valence-corrected chi connectivity index (χ4v) is 3.67. The van der Waals surface area contributed by atoms with Gasteiger partial charge in [-0.15, -0.1) is 0 Å². The standard InChI is InChI=1S/C22H28N8O/c1-14(2)30-15(3)27-17-10-26-20(7-18(17)30)28-19-5-6-25-21(29-19)16(8-23)9-24-11-22(4)12-31-13-22/h5-10,14,23-24H,11-13H2,1-4H3,(H,25,26,28,29)/b16-9+,23-8?. The molecule has 9 heteroatoms. The molecule has 0 unspecified atom stereocenters. The number of pyridine rings is 1. The number of hydrogen-bond acceptors (Lipinski definition) is 8. The maximum Gasteiger partial charge on any atom is 0.164 e. The van der Waals surface area contributed by atoms with Gasteiger partial charge in [0.15, 0.2) is 5.82 Å². The lowest BCUT2D eigenvalue weighted by Crippen LogP contribution is -2.46. The molecular weight excluding hydrogens is 392 g/mol. The topological polar surface area (TPSA) is 114 Å². The van der Waals surface area contributed by atoms with E-state index in [1.54, 1.807) is 24.7 Å². The first-order valence-electron chi connectivity index (χ1n) is 10.4. The van der Waals surface area contributed by atoms with E-state index >= 15 is 0 Å². The van der Waals surface area contributed by atoms with Gasteiger partial charge >= 0.3 is 0 Å². The molecule has 1 saturated heterocycles. The van der Waals surface area contributed by atoms with Crippen molar-refractivity contribution in [3.05, 3.63) is 42.4 Å². The van der Waals surface area contributed by atoms with Crippen molar-refractivity contribution in [2.75, 3.05) is 25.1 Å². The first-order chi connectivity index (χ1) is 14.9. The molecule has 31 heavy (non-hydrogen) atoms. The van der Waals surface area contributed by atoms with E-state index in [4.69, 9.17) is 10.1 Å². The van der Waals surface area contributed by atoms with Crippen molar-refractivity contribution < 1.29 is 4.74 Å². The smallest absolute Gasteiger partial charge is 0.164 e. The van der Waals surface area contributed by atoms with Gasteiger partial charge in [-0.2, -0.15) is 0 Å². The van der Waals surface area contributed by atoms with Crippen molar-refractivity contribution in [3.8, 4) is 0 Å². The summed E-state index contributed by atoms with van der Waals surface area (Å²) in [5.41, 5.74) is 2.63. The summed E-state index contributed by atoms with van der Waals surface area (Å²) < 4.78 is 7.46. The summed E-state index contributed by atoms with van der Waals surface area (Å²) in [7, 11) is 0. The molecule has 0 spiro atoms. The van der Waals surface area contributed by atoms with Gasteiger partial charge in [-0.05, 0) is 26.8 Å². The van der Waals surface area contributed by atoms with Gasteiger partial charge in [0.1, 0.15) is 23.0 Å². The first-order valence-corrected chi connectivity index (χ1v) is 10.4. The first kappa shape index (κ1) is 20.9. The molecule has 0 atom stereocenters. The van der Waals surface area contributed by atoms with E-state index < -0.39 is 0 Å². The molecule has 0 aromatic carbocycles. The zero-order valence-electron chi connectivity index (χ0n) is 18.3. The lowest BCUT2D eigenvalue weighted by molar-refractivity contribution is -0.0976. The summed E-state index contributed by atoms with van der Waals surface area (Å²) >= 11 is 0. The van der Waals surface area contributed by atoms with Crippen LogP contribution in [-0.4, -0.2) is 50.5 Å². The fraction of sp³-hybridized carbons (Fsp3) is 0.409. The number of fused-ring (bicyclic) bond motifs is 1. The van der Waals surface area contributed by atoms with Gasteiger partial charge in [0, 0.05) is 42.7 Å². The number of hydrogen-bond donors (Lipinski definition) is 3. The van der Waals surface area contributed by atoms with Gasteiger partial charge in [-0.3, -0.25) is 0 Å². The Morgan fingerprint density at radius 2 is 2.10 bits per heavy atom. The van der Waals surface area contributed by atoms with E-state index in [1.807, 2.05) is 13.0 Å². The monoisotopic (exact) mass is 420 g/mol. The third-order valence-electron chi connectivity index (χ3n) is 5.28. The molecular formula is C22H28N8O. The minimum atomic E-state index is 0.138. The van der Waals surface area contributed by atoms with Crippen LogP contribution in [0.2, 0.25) is 0 Å². The van der Waals surface area contributed by atoms with Crippen LogP contribution in [0, 0.1) is 17.7 Å². The van der Waals surface area contributed by atoms with Crippen molar-refractivity contribution in [1.29, 1.82) is 5.41 Å². The number of anilines is 2. The third kappa shape index (κ3) is 4.41. The highest BCUT2D eigenvalue weighted by Gasteiger charge is 2.32. The minimum absolute atomic E-state index is 0.138. The van der Waals surface area contributed by atoms with Crippen LogP contribution in [0.25, 0.3) is 16.6 Å². The van der Waals surface area contributed by atoms with Crippen molar-refractivity contribution in [2.24, 2.45) is 5.41 Å². The fourth-order valence-electron chi connectivity index (χ4n) is 3.67. The number of aryl methyl sites for hydroxylation is 1. The SMILES string of the molecule is Cc1nc2cnc(Nc3ccnc(/C(C=N)=C/NCC4(C)COC4)n3)cc2n1C(C)C. The van der Waals surface area contributed by atoms with Gasteiger partial charge in [-0.1, -0.05) is 6.92 Å². The molecule has 0 saturated carbocycles. The third-order valence-corrected chi connectivity index (χ3v) is 5.28. The lowest BCUT2D eigenvalue weighted by Gasteiger charge is -2.37. The molecule has 3 N–H and O–H groups in total. The Morgan fingerprint density at radius 1 is 1.29 bits per heavy atom. The van der Waals surface area contributed by atoms with Gasteiger partial charge in [0.25, 0.3) is 0 Å². The van der Waals surface area contributed by atoms with Crippen molar-refractivity contribution in [2.45, 2.75) is 33.7 Å². The van der Waals surface area contributed by atoms with Crippen LogP contribution in [0.3, 0.4) is 0 Å². The van der Waals surface area contributed by atoms with Crippen LogP contribution in [0.15, 0.2) is 30.7 Å². The number of rotatable bonds is 8. The predicted octanol–water partition coefficient (Wildman–Crippen LogP) is 3.47. The molecule has 4 heterocycles. The Bertz CT molecular complexity index is 1130. The maximum absolute atomic E-state index is 7.76. The number of nitrogens with one attached hydrogen (secondary N) is 3. The molecule has 0 aliphatic carbocycles. The van der Waals surface area contributed by atoms with Crippen LogP contribution in [0.5, 0.6) is 0 Å². The van der Waals surface area contributed by atoms with Gasteiger partial charge in [0.2, 0.25) is 0 Å². The number of allylic oxidation sites excluding steroid dienone is 1. The highest BCUT2D eigenvalue weighted by Crippen LogP contribution is 2.26. The molecule has 9 nitrogen and oxygen atoms in total. The predicted molar refractivity (Wildman–Crippen MR) is 122 cm³/mol. The normalized spacial score (nSPS) is 15.7. The number of ether oxygens (including phenoxy) is 1. The number of aromatic nitrogens is 5. The van der Waals surface area contributed by atoms with Crippen LogP contribution in [-0.2, 0) is 4.74 Å². The molecule has 1 fully saturated rings. The average molecular weight is 421 g/mol. The van der Waals surface area contributed by atoms with E-state index in [2.05, 4.69) is 55.9 Å². The van der Waals surface area contributed by atoms with Crippen LogP contribution >= 0.6 is 0 Å². The van der Waals surface area contributed by atoms with Crippen LogP contribution in [0.1, 0.15) is 38.5 Å². The molecule has 0 bridgehead atoms. The molecule has 1 aliphatic heterocycles. The zero-order chi connectivity index (χ0) is 22.0. The Balaban J connectivity index is 1.54. The Labute approximate surface area is 181 Å². The van der Waals surface area contributed by atoms with E-state index in [9.17, 15) is 0 Å². The maximum atomic E-state index is 7.76. The molecule has 162 valence electrons. The quantitative estimate of drug-likeness (QED) is 0.478. The second-order valence-corrected chi connectivity index (χ2v) is 8.50. The molecule has 0 amide bonds. The summed E-state index contributed by atoms with van der Waals surface area (Å²) in [5.74, 6) is 2.71. The average Bonchev–Trinajstić information content (AvgIpc) is 3.05. The van der Waals surface area contributed by atoms with Crippen molar-refractivity contribution in [3.63, 3.8) is 0 Å². The van der Waals surface area contributed by atoms with Crippen LogP contribution in [0.4, 0.5) is 11.6 Å². The summed E-state index contributed by atoms with van der Waals surface area (Å²) in [6.07, 6.45) is 6.47.